The maximum Gasteiger partial charge on any atom is 0.242 e. The molecule has 1 aliphatic heterocycles. The van der Waals surface area contributed by atoms with Crippen molar-refractivity contribution in [2.24, 2.45) is 0 Å². The van der Waals surface area contributed by atoms with Gasteiger partial charge in [-0.05, 0) is 26.0 Å². The van der Waals surface area contributed by atoms with Gasteiger partial charge in [0.25, 0.3) is 0 Å². The fourth-order valence-electron chi connectivity index (χ4n) is 2.84. The van der Waals surface area contributed by atoms with E-state index in [1.54, 1.807) is 11.0 Å². The molecule has 10 heteroatoms. The third-order valence-electron chi connectivity index (χ3n) is 4.57. The number of nitrogens with zero attached hydrogens (tertiary/aromatic N) is 2. The molecule has 0 aliphatic carbocycles. The Hall–Kier alpha value is -2.33. The summed E-state index contributed by atoms with van der Waals surface area (Å²) in [5.41, 5.74) is 0. The van der Waals surface area contributed by atoms with Crippen LogP contribution in [0.15, 0.2) is 23.1 Å². The van der Waals surface area contributed by atoms with Crippen LogP contribution >= 0.6 is 0 Å². The molecule has 1 aromatic rings. The van der Waals surface area contributed by atoms with Crippen molar-refractivity contribution in [3.63, 3.8) is 0 Å². The molecule has 2 rings (SSSR count). The van der Waals surface area contributed by atoms with E-state index < -0.39 is 10.0 Å². The molecule has 0 radical (unpaired) electrons. The zero-order chi connectivity index (χ0) is 21.4. The number of fused-ring (bicyclic) bond motifs is 1. The van der Waals surface area contributed by atoms with E-state index in [1.807, 2.05) is 13.8 Å². The largest absolute Gasteiger partial charge is 0.490 e. The van der Waals surface area contributed by atoms with E-state index in [4.69, 9.17) is 9.47 Å². The summed E-state index contributed by atoms with van der Waals surface area (Å²) in [5.74, 6) is 0.442. The fraction of sp³-hybridized carbons (Fsp3) is 0.579. The second kappa shape index (κ2) is 10.4. The summed E-state index contributed by atoms with van der Waals surface area (Å²) in [6.07, 6.45) is 0.674. The molecule has 0 fully saturated rings. The Morgan fingerprint density at radius 2 is 1.72 bits per heavy atom. The average molecular weight is 428 g/mol. The lowest BCUT2D eigenvalue weighted by Gasteiger charge is -2.23. The van der Waals surface area contributed by atoms with E-state index in [2.05, 4.69) is 4.72 Å². The molecule has 0 unspecified atom stereocenters. The van der Waals surface area contributed by atoms with E-state index in [0.29, 0.717) is 37.8 Å². The van der Waals surface area contributed by atoms with Crippen LogP contribution in [0.4, 0.5) is 0 Å². The van der Waals surface area contributed by atoms with Crippen molar-refractivity contribution in [3.05, 3.63) is 18.2 Å². The second-order valence-electron chi connectivity index (χ2n) is 6.62. The summed E-state index contributed by atoms with van der Waals surface area (Å²) in [6.45, 7) is 5.77. The molecule has 0 saturated carbocycles. The first-order chi connectivity index (χ1) is 13.8. The number of hydrogen-bond donors (Lipinski definition) is 1. The molecule has 1 aliphatic rings. The minimum atomic E-state index is -3.80. The molecule has 0 spiro atoms. The van der Waals surface area contributed by atoms with E-state index in [0.717, 1.165) is 6.42 Å². The van der Waals surface area contributed by atoms with Gasteiger partial charge >= 0.3 is 0 Å². The van der Waals surface area contributed by atoms with Crippen LogP contribution in [0, 0.1) is 0 Å². The minimum absolute atomic E-state index is 0.0323. The van der Waals surface area contributed by atoms with E-state index in [1.165, 1.54) is 24.1 Å². The lowest BCUT2D eigenvalue weighted by Crippen LogP contribution is -2.41. The quantitative estimate of drug-likeness (QED) is 0.626. The molecule has 1 aromatic carbocycles. The Kier molecular flexibility index (Phi) is 8.27. The number of ether oxygens (including phenoxy) is 2. The normalized spacial score (nSPS) is 13.5. The molecular formula is C19H29N3O6S. The van der Waals surface area contributed by atoms with Crippen LogP contribution in [-0.4, -0.2) is 76.5 Å². The van der Waals surface area contributed by atoms with Gasteiger partial charge in [0.15, 0.2) is 11.5 Å². The third-order valence-corrected chi connectivity index (χ3v) is 6.03. The van der Waals surface area contributed by atoms with Crippen LogP contribution in [0.2, 0.25) is 0 Å². The van der Waals surface area contributed by atoms with Gasteiger partial charge in [0.2, 0.25) is 21.8 Å². The number of rotatable bonds is 9. The lowest BCUT2D eigenvalue weighted by atomic mass is 10.3. The number of carbonyl (C=O) groups is 2. The van der Waals surface area contributed by atoms with E-state index in [-0.39, 0.29) is 36.2 Å². The van der Waals surface area contributed by atoms with Crippen molar-refractivity contribution in [1.82, 2.24) is 14.5 Å². The topological polar surface area (TPSA) is 105 Å². The summed E-state index contributed by atoms with van der Waals surface area (Å²) >= 11 is 0. The van der Waals surface area contributed by atoms with E-state index >= 15 is 0 Å². The maximum absolute atomic E-state index is 12.5. The summed E-state index contributed by atoms with van der Waals surface area (Å²) in [4.78, 5) is 27.3. The van der Waals surface area contributed by atoms with Gasteiger partial charge in [-0.15, -0.1) is 0 Å². The molecule has 0 aromatic heterocycles. The predicted molar refractivity (Wildman–Crippen MR) is 107 cm³/mol. The molecule has 0 atom stereocenters. The van der Waals surface area contributed by atoms with Crippen LogP contribution in [-0.2, 0) is 19.6 Å². The van der Waals surface area contributed by atoms with Gasteiger partial charge in [0.05, 0.1) is 24.7 Å². The Labute approximate surface area is 172 Å². The number of likely N-dealkylation sites (N-methyl/N-ethyl adjacent to an activating group) is 2. The highest BCUT2D eigenvalue weighted by Crippen LogP contribution is 2.31. The van der Waals surface area contributed by atoms with Gasteiger partial charge in [-0.2, -0.15) is 0 Å². The van der Waals surface area contributed by atoms with Crippen LogP contribution in [0.5, 0.6) is 11.5 Å². The number of carbonyl (C=O) groups excluding carboxylic acids is 2. The van der Waals surface area contributed by atoms with Crippen LogP contribution < -0.4 is 14.2 Å². The Morgan fingerprint density at radius 3 is 2.38 bits per heavy atom. The highest BCUT2D eigenvalue weighted by atomic mass is 32.2. The Morgan fingerprint density at radius 1 is 1.07 bits per heavy atom. The Bertz CT molecular complexity index is 823. The lowest BCUT2D eigenvalue weighted by molar-refractivity contribution is -0.139. The van der Waals surface area contributed by atoms with Crippen molar-refractivity contribution in [3.8, 4) is 11.5 Å². The predicted octanol–water partition coefficient (Wildman–Crippen LogP) is 0.843. The molecule has 1 heterocycles. The standard InChI is InChI=1S/C19H29N3O6S/c1-4-22(5-2)19(24)14-21(3)18(23)9-10-20-29(25,26)15-7-8-16-17(13-15)28-12-6-11-27-16/h7-8,13,20H,4-6,9-12,14H2,1-3H3. The Balaban J connectivity index is 1.89. The number of sulfonamides is 1. The zero-order valence-electron chi connectivity index (χ0n) is 17.1. The molecule has 162 valence electrons. The number of nitrogens with one attached hydrogen (secondary N) is 1. The molecule has 0 bridgehead atoms. The third kappa shape index (κ3) is 6.33. The summed E-state index contributed by atoms with van der Waals surface area (Å²) < 4.78 is 38.4. The van der Waals surface area contributed by atoms with Crippen molar-refractivity contribution in [2.45, 2.75) is 31.6 Å². The summed E-state index contributed by atoms with van der Waals surface area (Å²) in [5, 5.41) is 0. The van der Waals surface area contributed by atoms with Gasteiger partial charge in [0, 0.05) is 45.6 Å². The highest BCUT2D eigenvalue weighted by Gasteiger charge is 2.20. The van der Waals surface area contributed by atoms with Gasteiger partial charge in [-0.3, -0.25) is 9.59 Å². The average Bonchev–Trinajstić information content (AvgIpc) is 2.93. The smallest absolute Gasteiger partial charge is 0.242 e. The van der Waals surface area contributed by atoms with Gasteiger partial charge < -0.3 is 19.3 Å². The number of hydrogen-bond acceptors (Lipinski definition) is 6. The first kappa shape index (κ1) is 23.0. The first-order valence-corrected chi connectivity index (χ1v) is 11.2. The van der Waals surface area contributed by atoms with Crippen molar-refractivity contribution in [1.29, 1.82) is 0 Å². The van der Waals surface area contributed by atoms with Gasteiger partial charge in [0.1, 0.15) is 0 Å². The highest BCUT2D eigenvalue weighted by molar-refractivity contribution is 7.89. The molecule has 29 heavy (non-hydrogen) atoms. The van der Waals surface area contributed by atoms with Crippen LogP contribution in [0.3, 0.4) is 0 Å². The molecule has 1 N–H and O–H groups in total. The zero-order valence-corrected chi connectivity index (χ0v) is 18.0. The molecule has 0 saturated heterocycles. The van der Waals surface area contributed by atoms with Gasteiger partial charge in [-0.25, -0.2) is 13.1 Å². The van der Waals surface area contributed by atoms with Gasteiger partial charge in [-0.1, -0.05) is 0 Å². The summed E-state index contributed by atoms with van der Waals surface area (Å²) in [7, 11) is -2.27. The minimum Gasteiger partial charge on any atom is -0.490 e. The second-order valence-corrected chi connectivity index (χ2v) is 8.39. The first-order valence-electron chi connectivity index (χ1n) is 9.69. The number of benzene rings is 1. The molecular weight excluding hydrogens is 398 g/mol. The molecule has 9 nitrogen and oxygen atoms in total. The summed E-state index contributed by atoms with van der Waals surface area (Å²) in [6, 6.07) is 4.42. The maximum atomic E-state index is 12.5. The number of amides is 2. The van der Waals surface area contributed by atoms with E-state index in [9.17, 15) is 18.0 Å². The SMILES string of the molecule is CCN(CC)C(=O)CN(C)C(=O)CCNS(=O)(=O)c1ccc2c(c1)OCCCO2. The fourth-order valence-corrected chi connectivity index (χ4v) is 3.89. The van der Waals surface area contributed by atoms with Crippen molar-refractivity contribution in [2.75, 3.05) is 46.4 Å². The van der Waals surface area contributed by atoms with Crippen molar-refractivity contribution < 1.29 is 27.5 Å². The monoisotopic (exact) mass is 427 g/mol. The van der Waals surface area contributed by atoms with Crippen molar-refractivity contribution >= 4 is 21.8 Å². The van der Waals surface area contributed by atoms with Crippen LogP contribution in [0.25, 0.3) is 0 Å². The van der Waals surface area contributed by atoms with Crippen LogP contribution in [0.1, 0.15) is 26.7 Å². The molecule has 2 amide bonds.